The van der Waals surface area contributed by atoms with Crippen LogP contribution in [-0.2, 0) is 4.79 Å². The molecule has 0 spiro atoms. The molecule has 0 radical (unpaired) electrons. The summed E-state index contributed by atoms with van der Waals surface area (Å²) in [7, 11) is 0. The van der Waals surface area contributed by atoms with Crippen molar-refractivity contribution in [2.75, 3.05) is 6.54 Å². The molecular weight excluding hydrogens is 260 g/mol. The molecule has 1 unspecified atom stereocenters. The molecule has 0 fully saturated rings. The number of aliphatic carboxylic acids is 1. The summed E-state index contributed by atoms with van der Waals surface area (Å²) in [5, 5.41) is 20.4. The summed E-state index contributed by atoms with van der Waals surface area (Å²) in [6.45, 7) is 7.31. The normalized spacial score (nSPS) is 13.2. The van der Waals surface area contributed by atoms with Crippen LogP contribution >= 0.6 is 0 Å². The minimum absolute atomic E-state index is 0.0136. The van der Waals surface area contributed by atoms with E-state index in [9.17, 15) is 20.0 Å². The second-order valence-corrected chi connectivity index (χ2v) is 5.14. The fraction of sp³-hybridized carbons (Fsp3) is 0.500. The molecule has 0 heterocycles. The van der Waals surface area contributed by atoms with Gasteiger partial charge in [-0.3, -0.25) is 19.8 Å². The van der Waals surface area contributed by atoms with E-state index in [1.807, 2.05) is 6.92 Å². The number of likely N-dealkylation sites (N-methyl/N-ethyl adjacent to an activating group) is 1. The van der Waals surface area contributed by atoms with Gasteiger partial charge in [-0.2, -0.15) is 0 Å². The number of nitro benzene ring substituents is 1. The lowest BCUT2D eigenvalue weighted by Gasteiger charge is -2.38. The van der Waals surface area contributed by atoms with Gasteiger partial charge in [0.05, 0.1) is 4.92 Å². The van der Waals surface area contributed by atoms with E-state index in [4.69, 9.17) is 0 Å². The first-order valence-electron chi connectivity index (χ1n) is 6.47. The van der Waals surface area contributed by atoms with Crippen molar-refractivity contribution >= 4 is 11.7 Å². The molecule has 0 saturated carbocycles. The van der Waals surface area contributed by atoms with Gasteiger partial charge in [0, 0.05) is 17.7 Å². The summed E-state index contributed by atoms with van der Waals surface area (Å²) in [5.74, 6) is -0.954. The van der Waals surface area contributed by atoms with Crippen LogP contribution < -0.4 is 0 Å². The van der Waals surface area contributed by atoms with E-state index < -0.39 is 16.4 Å². The second-order valence-electron chi connectivity index (χ2n) is 5.14. The molecular formula is C14H20N2O4. The molecule has 0 aromatic heterocycles. The Hall–Kier alpha value is -1.95. The third-order valence-corrected chi connectivity index (χ3v) is 3.63. The first-order valence-corrected chi connectivity index (χ1v) is 6.47. The lowest BCUT2D eigenvalue weighted by Crippen LogP contribution is -2.51. The second kappa shape index (κ2) is 6.00. The zero-order valence-corrected chi connectivity index (χ0v) is 12.2. The van der Waals surface area contributed by atoms with Crippen LogP contribution in [0.1, 0.15) is 39.3 Å². The van der Waals surface area contributed by atoms with Crippen molar-refractivity contribution in [1.82, 2.24) is 4.90 Å². The molecule has 6 heteroatoms. The number of nitrogens with zero attached hydrogens (tertiary/aromatic N) is 2. The minimum Gasteiger partial charge on any atom is -0.480 e. The van der Waals surface area contributed by atoms with Gasteiger partial charge >= 0.3 is 5.97 Å². The molecule has 0 aliphatic rings. The lowest BCUT2D eigenvalue weighted by atomic mass is 9.96. The monoisotopic (exact) mass is 280 g/mol. The van der Waals surface area contributed by atoms with Crippen LogP contribution in [0, 0.1) is 10.1 Å². The molecule has 1 aromatic carbocycles. The molecule has 20 heavy (non-hydrogen) atoms. The molecule has 0 aliphatic heterocycles. The number of rotatable bonds is 6. The Kier molecular flexibility index (Phi) is 4.83. The fourth-order valence-electron chi connectivity index (χ4n) is 2.45. The smallest absolute Gasteiger partial charge is 0.323 e. The van der Waals surface area contributed by atoms with Crippen molar-refractivity contribution in [3.63, 3.8) is 0 Å². The number of nitro groups is 1. The Morgan fingerprint density at radius 3 is 2.45 bits per heavy atom. The number of para-hydroxylation sites is 1. The van der Waals surface area contributed by atoms with Crippen molar-refractivity contribution in [3.05, 3.63) is 39.9 Å². The maximum Gasteiger partial charge on any atom is 0.323 e. The highest BCUT2D eigenvalue weighted by Crippen LogP contribution is 2.33. The van der Waals surface area contributed by atoms with Crippen LogP contribution in [0.3, 0.4) is 0 Å². The largest absolute Gasteiger partial charge is 0.480 e. The van der Waals surface area contributed by atoms with Gasteiger partial charge in [0.25, 0.3) is 5.69 Å². The molecule has 1 rings (SSSR count). The van der Waals surface area contributed by atoms with E-state index in [-0.39, 0.29) is 11.7 Å². The van der Waals surface area contributed by atoms with E-state index in [1.165, 1.54) is 6.07 Å². The van der Waals surface area contributed by atoms with Crippen LogP contribution in [-0.4, -0.2) is 33.0 Å². The van der Waals surface area contributed by atoms with E-state index in [0.29, 0.717) is 12.1 Å². The summed E-state index contributed by atoms with van der Waals surface area (Å²) in [5.41, 5.74) is -0.564. The summed E-state index contributed by atoms with van der Waals surface area (Å²) in [6.07, 6.45) is 0. The SMILES string of the molecule is CCN(C(C)c1ccccc1[N+](=O)[O-])C(C)(C)C(=O)O. The average molecular weight is 280 g/mol. The summed E-state index contributed by atoms with van der Waals surface area (Å²) in [6, 6.07) is 6.07. The molecule has 6 nitrogen and oxygen atoms in total. The van der Waals surface area contributed by atoms with Gasteiger partial charge in [0.1, 0.15) is 5.54 Å². The lowest BCUT2D eigenvalue weighted by molar-refractivity contribution is -0.386. The highest BCUT2D eigenvalue weighted by atomic mass is 16.6. The Morgan fingerprint density at radius 2 is 2.00 bits per heavy atom. The van der Waals surface area contributed by atoms with E-state index in [0.717, 1.165) is 0 Å². The number of carboxylic acid groups (broad SMARTS) is 1. The summed E-state index contributed by atoms with van der Waals surface area (Å²) in [4.78, 5) is 23.8. The van der Waals surface area contributed by atoms with Crippen LogP contribution in [0.15, 0.2) is 24.3 Å². The van der Waals surface area contributed by atoms with Gasteiger partial charge in [-0.05, 0) is 27.3 Å². The standard InChI is InChI=1S/C14H20N2O4/c1-5-15(14(3,4)13(17)18)10(2)11-8-6-7-9-12(11)16(19)20/h6-10H,5H2,1-4H3,(H,17,18). The van der Waals surface area contributed by atoms with Gasteiger partial charge in [-0.1, -0.05) is 25.1 Å². The number of benzene rings is 1. The molecule has 0 aliphatic carbocycles. The quantitative estimate of drug-likeness (QED) is 0.640. The van der Waals surface area contributed by atoms with Crippen molar-refractivity contribution in [1.29, 1.82) is 0 Å². The number of carbonyl (C=O) groups is 1. The third-order valence-electron chi connectivity index (χ3n) is 3.63. The van der Waals surface area contributed by atoms with Crippen LogP contribution in [0.4, 0.5) is 5.69 Å². The molecule has 0 amide bonds. The van der Waals surface area contributed by atoms with Crippen LogP contribution in [0.25, 0.3) is 0 Å². The molecule has 0 bridgehead atoms. The number of hydrogen-bond donors (Lipinski definition) is 1. The summed E-state index contributed by atoms with van der Waals surface area (Å²) >= 11 is 0. The maximum atomic E-state index is 11.4. The zero-order valence-electron chi connectivity index (χ0n) is 12.2. The molecule has 1 aromatic rings. The number of carboxylic acids is 1. The Bertz CT molecular complexity index is 514. The zero-order chi connectivity index (χ0) is 15.5. The van der Waals surface area contributed by atoms with E-state index in [1.54, 1.807) is 43.9 Å². The first-order chi connectivity index (χ1) is 9.23. The van der Waals surface area contributed by atoms with Gasteiger partial charge in [-0.15, -0.1) is 0 Å². The number of hydrogen-bond acceptors (Lipinski definition) is 4. The molecule has 1 atom stereocenters. The molecule has 1 N–H and O–H groups in total. The predicted octanol–water partition coefficient (Wildman–Crippen LogP) is 2.84. The first kappa shape index (κ1) is 16.1. The highest BCUT2D eigenvalue weighted by Gasteiger charge is 2.38. The fourth-order valence-corrected chi connectivity index (χ4v) is 2.45. The van der Waals surface area contributed by atoms with Crippen molar-refractivity contribution in [3.8, 4) is 0 Å². The van der Waals surface area contributed by atoms with Crippen LogP contribution in [0.2, 0.25) is 0 Å². The van der Waals surface area contributed by atoms with Crippen LogP contribution in [0.5, 0.6) is 0 Å². The van der Waals surface area contributed by atoms with Crippen molar-refractivity contribution in [2.45, 2.75) is 39.3 Å². The summed E-state index contributed by atoms with van der Waals surface area (Å²) < 4.78 is 0. The Balaban J connectivity index is 3.25. The molecule has 110 valence electrons. The van der Waals surface area contributed by atoms with E-state index in [2.05, 4.69) is 0 Å². The third kappa shape index (κ3) is 2.96. The van der Waals surface area contributed by atoms with Gasteiger partial charge in [0.2, 0.25) is 0 Å². The van der Waals surface area contributed by atoms with Gasteiger partial charge in [-0.25, -0.2) is 0 Å². The Labute approximate surface area is 118 Å². The average Bonchev–Trinajstić information content (AvgIpc) is 2.38. The molecule has 0 saturated heterocycles. The maximum absolute atomic E-state index is 11.4. The highest BCUT2D eigenvalue weighted by molar-refractivity contribution is 5.77. The van der Waals surface area contributed by atoms with Gasteiger partial charge < -0.3 is 5.11 Å². The minimum atomic E-state index is -1.10. The predicted molar refractivity (Wildman–Crippen MR) is 75.6 cm³/mol. The van der Waals surface area contributed by atoms with E-state index >= 15 is 0 Å². The van der Waals surface area contributed by atoms with Crippen molar-refractivity contribution in [2.24, 2.45) is 0 Å². The van der Waals surface area contributed by atoms with Gasteiger partial charge in [0.15, 0.2) is 0 Å². The van der Waals surface area contributed by atoms with Crippen molar-refractivity contribution < 1.29 is 14.8 Å². The topological polar surface area (TPSA) is 83.7 Å². The Morgan fingerprint density at radius 1 is 1.45 bits per heavy atom.